The summed E-state index contributed by atoms with van der Waals surface area (Å²) in [7, 11) is 0. The summed E-state index contributed by atoms with van der Waals surface area (Å²) in [5.41, 5.74) is 0. The highest BCUT2D eigenvalue weighted by Crippen LogP contribution is 2.09. The molecule has 7 nitrogen and oxygen atoms in total. The molecule has 0 N–H and O–H groups in total. The second-order valence-corrected chi connectivity index (χ2v) is 7.70. The van der Waals surface area contributed by atoms with E-state index in [1.54, 1.807) is 0 Å². The van der Waals surface area contributed by atoms with Crippen molar-refractivity contribution < 1.29 is 33.2 Å². The number of rotatable bonds is 24. The van der Waals surface area contributed by atoms with Crippen molar-refractivity contribution in [2.24, 2.45) is 0 Å². The van der Waals surface area contributed by atoms with Gasteiger partial charge in [0.25, 0.3) is 0 Å². The van der Waals surface area contributed by atoms with E-state index in [0.29, 0.717) is 72.5 Å². The predicted octanol–water partition coefficient (Wildman–Crippen LogP) is 4.82. The van der Waals surface area contributed by atoms with Gasteiger partial charge in [-0.1, -0.05) is 63.6 Å². The van der Waals surface area contributed by atoms with Gasteiger partial charge < -0.3 is 28.4 Å². The first-order chi connectivity index (χ1) is 16.3. The molecule has 0 aliphatic rings. The zero-order valence-electron chi connectivity index (χ0n) is 20.5. The van der Waals surface area contributed by atoms with Crippen LogP contribution in [0.5, 0.6) is 5.75 Å². The maximum absolute atomic E-state index is 11.6. The Balaban J connectivity index is 1.70. The van der Waals surface area contributed by atoms with E-state index in [1.807, 2.05) is 30.3 Å². The van der Waals surface area contributed by atoms with E-state index >= 15 is 0 Å². The molecule has 0 aliphatic heterocycles. The molecule has 0 radical (unpaired) electrons. The van der Waals surface area contributed by atoms with E-state index in [-0.39, 0.29) is 5.97 Å². The third-order valence-electron chi connectivity index (χ3n) is 4.83. The molecular formula is C26H44O7. The molecular weight excluding hydrogens is 424 g/mol. The Morgan fingerprint density at radius 1 is 0.606 bits per heavy atom. The van der Waals surface area contributed by atoms with E-state index in [0.717, 1.165) is 18.6 Å². The van der Waals surface area contributed by atoms with Crippen LogP contribution < -0.4 is 4.74 Å². The quantitative estimate of drug-likeness (QED) is 0.159. The molecule has 0 fully saturated rings. The maximum Gasteiger partial charge on any atom is 0.305 e. The van der Waals surface area contributed by atoms with Crippen molar-refractivity contribution in [3.05, 3.63) is 30.3 Å². The summed E-state index contributed by atoms with van der Waals surface area (Å²) in [6.07, 6.45) is 8.87. The van der Waals surface area contributed by atoms with Gasteiger partial charge in [-0.25, -0.2) is 0 Å². The zero-order chi connectivity index (χ0) is 23.7. The minimum atomic E-state index is -0.131. The zero-order valence-corrected chi connectivity index (χ0v) is 20.5. The molecule has 1 aromatic rings. The van der Waals surface area contributed by atoms with Crippen LogP contribution in [0.15, 0.2) is 30.3 Å². The average molecular weight is 469 g/mol. The Morgan fingerprint density at radius 2 is 1.09 bits per heavy atom. The van der Waals surface area contributed by atoms with Crippen LogP contribution in [0.3, 0.4) is 0 Å². The molecule has 0 amide bonds. The van der Waals surface area contributed by atoms with E-state index in [2.05, 4.69) is 6.92 Å². The lowest BCUT2D eigenvalue weighted by atomic mass is 10.1. The normalized spacial score (nSPS) is 10.9. The average Bonchev–Trinajstić information content (AvgIpc) is 2.84. The van der Waals surface area contributed by atoms with Crippen molar-refractivity contribution in [3.63, 3.8) is 0 Å². The highest BCUT2D eigenvalue weighted by atomic mass is 16.6. The van der Waals surface area contributed by atoms with Crippen LogP contribution in [0, 0.1) is 0 Å². The molecule has 190 valence electrons. The van der Waals surface area contributed by atoms with Gasteiger partial charge >= 0.3 is 5.97 Å². The van der Waals surface area contributed by atoms with Crippen LogP contribution in [-0.4, -0.2) is 72.0 Å². The summed E-state index contributed by atoms with van der Waals surface area (Å²) in [5, 5.41) is 0. The standard InChI is InChI=1S/C26H44O7/c1-2-3-4-5-6-7-11-14-26(27)33-24-22-31-20-18-29-16-15-28-17-19-30-21-23-32-25-12-9-8-10-13-25/h8-10,12-13H,2-7,11,14-24H2,1H3. The summed E-state index contributed by atoms with van der Waals surface area (Å²) in [5.74, 6) is 0.714. The van der Waals surface area contributed by atoms with Crippen LogP contribution in [0.2, 0.25) is 0 Å². The molecule has 33 heavy (non-hydrogen) atoms. The number of hydrogen-bond acceptors (Lipinski definition) is 7. The highest BCUT2D eigenvalue weighted by Gasteiger charge is 2.02. The number of para-hydroxylation sites is 1. The van der Waals surface area contributed by atoms with Gasteiger partial charge in [0.15, 0.2) is 0 Å². The lowest BCUT2D eigenvalue weighted by Crippen LogP contribution is -2.15. The SMILES string of the molecule is CCCCCCCCCC(=O)OCCOCCOCCOCCOCCOc1ccccc1. The van der Waals surface area contributed by atoms with Gasteiger partial charge in [-0.05, 0) is 18.6 Å². The second kappa shape index (κ2) is 23.5. The molecule has 0 saturated carbocycles. The first kappa shape index (κ1) is 29.4. The number of carbonyl (C=O) groups is 1. The molecule has 7 heteroatoms. The molecule has 0 atom stereocenters. The van der Waals surface area contributed by atoms with Gasteiger partial charge in [0.2, 0.25) is 0 Å². The van der Waals surface area contributed by atoms with Gasteiger partial charge in [0.05, 0.1) is 52.9 Å². The largest absolute Gasteiger partial charge is 0.491 e. The van der Waals surface area contributed by atoms with Gasteiger partial charge in [-0.3, -0.25) is 4.79 Å². The lowest BCUT2D eigenvalue weighted by molar-refractivity contribution is -0.145. The molecule has 0 unspecified atom stereocenters. The van der Waals surface area contributed by atoms with Crippen LogP contribution in [-0.2, 0) is 28.5 Å². The van der Waals surface area contributed by atoms with Crippen LogP contribution in [0.25, 0.3) is 0 Å². The number of unbranched alkanes of at least 4 members (excludes halogenated alkanes) is 6. The molecule has 0 saturated heterocycles. The van der Waals surface area contributed by atoms with Crippen LogP contribution in [0.4, 0.5) is 0 Å². The fourth-order valence-corrected chi connectivity index (χ4v) is 3.01. The second-order valence-electron chi connectivity index (χ2n) is 7.70. The molecule has 0 spiro atoms. The molecule has 1 aromatic carbocycles. The van der Waals surface area contributed by atoms with Crippen molar-refractivity contribution in [2.75, 3.05) is 66.1 Å². The third-order valence-corrected chi connectivity index (χ3v) is 4.83. The summed E-state index contributed by atoms with van der Waals surface area (Å²) >= 11 is 0. The number of ether oxygens (including phenoxy) is 6. The van der Waals surface area contributed by atoms with E-state index in [9.17, 15) is 4.79 Å². The van der Waals surface area contributed by atoms with Gasteiger partial charge in [0.1, 0.15) is 19.0 Å². The smallest absolute Gasteiger partial charge is 0.305 e. The number of hydrogen-bond donors (Lipinski definition) is 0. The summed E-state index contributed by atoms with van der Waals surface area (Å²) in [6.45, 7) is 6.99. The molecule has 0 bridgehead atoms. The summed E-state index contributed by atoms with van der Waals surface area (Å²) < 4.78 is 32.4. The summed E-state index contributed by atoms with van der Waals surface area (Å²) in [4.78, 5) is 11.6. The van der Waals surface area contributed by atoms with Gasteiger partial charge in [-0.15, -0.1) is 0 Å². The number of carbonyl (C=O) groups excluding carboxylic acids is 1. The highest BCUT2D eigenvalue weighted by molar-refractivity contribution is 5.69. The fraction of sp³-hybridized carbons (Fsp3) is 0.731. The summed E-state index contributed by atoms with van der Waals surface area (Å²) in [6, 6.07) is 9.67. The van der Waals surface area contributed by atoms with E-state index < -0.39 is 0 Å². The van der Waals surface area contributed by atoms with Crippen LogP contribution >= 0.6 is 0 Å². The van der Waals surface area contributed by atoms with Gasteiger partial charge in [0, 0.05) is 6.42 Å². The Bertz CT molecular complexity index is 539. The molecule has 0 heterocycles. The maximum atomic E-state index is 11.6. The first-order valence-electron chi connectivity index (χ1n) is 12.5. The lowest BCUT2D eigenvalue weighted by Gasteiger charge is -2.08. The van der Waals surface area contributed by atoms with Crippen molar-refractivity contribution in [3.8, 4) is 5.75 Å². The minimum Gasteiger partial charge on any atom is -0.491 e. The van der Waals surface area contributed by atoms with Crippen molar-refractivity contribution in [1.82, 2.24) is 0 Å². The Hall–Kier alpha value is -1.67. The molecule has 0 aromatic heterocycles. The van der Waals surface area contributed by atoms with Gasteiger partial charge in [-0.2, -0.15) is 0 Å². The first-order valence-corrected chi connectivity index (χ1v) is 12.5. The fourth-order valence-electron chi connectivity index (χ4n) is 3.01. The third kappa shape index (κ3) is 20.7. The predicted molar refractivity (Wildman–Crippen MR) is 129 cm³/mol. The molecule has 1 rings (SSSR count). The number of esters is 1. The van der Waals surface area contributed by atoms with E-state index in [1.165, 1.54) is 32.1 Å². The van der Waals surface area contributed by atoms with Crippen molar-refractivity contribution in [1.29, 1.82) is 0 Å². The van der Waals surface area contributed by atoms with E-state index in [4.69, 9.17) is 28.4 Å². The molecule has 0 aliphatic carbocycles. The monoisotopic (exact) mass is 468 g/mol. The topological polar surface area (TPSA) is 72.5 Å². The number of benzene rings is 1. The van der Waals surface area contributed by atoms with Crippen LogP contribution in [0.1, 0.15) is 58.3 Å². The van der Waals surface area contributed by atoms with Crippen molar-refractivity contribution in [2.45, 2.75) is 58.3 Å². The Kier molecular flexibility index (Phi) is 20.9. The minimum absolute atomic E-state index is 0.131. The van der Waals surface area contributed by atoms with Crippen molar-refractivity contribution >= 4 is 5.97 Å². The Labute approximate surface area is 200 Å². The Morgan fingerprint density at radius 3 is 1.67 bits per heavy atom.